The molecular weight excluding hydrogens is 250 g/mol. The minimum absolute atomic E-state index is 0.332. The number of primary amides is 1. The van der Waals surface area contributed by atoms with Gasteiger partial charge in [0.25, 0.3) is 0 Å². The molecule has 1 unspecified atom stereocenters. The molecule has 0 aliphatic heterocycles. The lowest BCUT2D eigenvalue weighted by molar-refractivity contribution is -0.125. The van der Waals surface area contributed by atoms with Crippen molar-refractivity contribution in [3.8, 4) is 0 Å². The van der Waals surface area contributed by atoms with E-state index >= 15 is 0 Å². The third-order valence-corrected chi connectivity index (χ3v) is 3.35. The van der Waals surface area contributed by atoms with Crippen LogP contribution in [-0.4, -0.2) is 37.5 Å². The molecule has 0 aliphatic rings. The van der Waals surface area contributed by atoms with Gasteiger partial charge in [-0.05, 0) is 25.1 Å². The van der Waals surface area contributed by atoms with Crippen molar-refractivity contribution in [1.82, 2.24) is 10.2 Å². The number of hydrogen-bond acceptors (Lipinski definition) is 3. The molecule has 112 valence electrons. The highest BCUT2D eigenvalue weighted by Gasteiger charge is 2.38. The van der Waals surface area contributed by atoms with Crippen LogP contribution >= 0.6 is 0 Å². The fourth-order valence-corrected chi connectivity index (χ4v) is 2.67. The van der Waals surface area contributed by atoms with Crippen molar-refractivity contribution in [2.45, 2.75) is 26.3 Å². The summed E-state index contributed by atoms with van der Waals surface area (Å²) in [6.45, 7) is 8.50. The fourth-order valence-electron chi connectivity index (χ4n) is 2.67. The van der Waals surface area contributed by atoms with Gasteiger partial charge >= 0.3 is 0 Å². The largest absolute Gasteiger partial charge is 0.368 e. The van der Waals surface area contributed by atoms with E-state index < -0.39 is 5.54 Å². The van der Waals surface area contributed by atoms with E-state index in [9.17, 15) is 4.79 Å². The summed E-state index contributed by atoms with van der Waals surface area (Å²) in [6.07, 6.45) is 0. The van der Waals surface area contributed by atoms with Gasteiger partial charge in [-0.3, -0.25) is 10.1 Å². The Labute approximate surface area is 122 Å². The second kappa shape index (κ2) is 7.41. The molecule has 0 heterocycles. The van der Waals surface area contributed by atoms with Gasteiger partial charge in [0.05, 0.1) is 0 Å². The van der Waals surface area contributed by atoms with E-state index in [2.05, 4.69) is 24.1 Å². The Hall–Kier alpha value is -1.39. The Morgan fingerprint density at radius 1 is 1.35 bits per heavy atom. The molecule has 3 N–H and O–H groups in total. The first-order chi connectivity index (χ1) is 9.42. The van der Waals surface area contributed by atoms with Crippen LogP contribution in [0.2, 0.25) is 0 Å². The van der Waals surface area contributed by atoms with E-state index in [1.165, 1.54) is 0 Å². The summed E-state index contributed by atoms with van der Waals surface area (Å²) >= 11 is 0. The van der Waals surface area contributed by atoms with Crippen molar-refractivity contribution in [3.63, 3.8) is 0 Å². The lowest BCUT2D eigenvalue weighted by Crippen LogP contribution is -2.58. The van der Waals surface area contributed by atoms with Crippen LogP contribution in [0.25, 0.3) is 0 Å². The molecular formula is C16H27N3O. The monoisotopic (exact) mass is 277 g/mol. The summed E-state index contributed by atoms with van der Waals surface area (Å²) in [5.41, 5.74) is 5.83. The van der Waals surface area contributed by atoms with Gasteiger partial charge in [0, 0.05) is 13.1 Å². The van der Waals surface area contributed by atoms with Crippen LogP contribution in [0.1, 0.15) is 26.3 Å². The Balaban J connectivity index is 3.09. The zero-order valence-corrected chi connectivity index (χ0v) is 13.0. The minimum atomic E-state index is -0.834. The third-order valence-electron chi connectivity index (χ3n) is 3.35. The van der Waals surface area contributed by atoms with E-state index in [0.29, 0.717) is 19.0 Å². The summed E-state index contributed by atoms with van der Waals surface area (Å²) in [5, 5.41) is 3.30. The summed E-state index contributed by atoms with van der Waals surface area (Å²) in [6, 6.07) is 9.73. The highest BCUT2D eigenvalue weighted by Crippen LogP contribution is 2.22. The lowest BCUT2D eigenvalue weighted by Gasteiger charge is -2.36. The van der Waals surface area contributed by atoms with Gasteiger partial charge in [-0.2, -0.15) is 0 Å². The molecule has 20 heavy (non-hydrogen) atoms. The molecule has 0 radical (unpaired) electrons. The van der Waals surface area contributed by atoms with Crippen molar-refractivity contribution >= 4 is 5.91 Å². The second-order valence-corrected chi connectivity index (χ2v) is 5.76. The molecule has 0 spiro atoms. The molecule has 1 aromatic carbocycles. The molecule has 4 nitrogen and oxygen atoms in total. The predicted molar refractivity (Wildman–Crippen MR) is 83.3 cm³/mol. The molecule has 4 heteroatoms. The van der Waals surface area contributed by atoms with Gasteiger partial charge in [0.2, 0.25) is 5.91 Å². The number of amides is 1. The van der Waals surface area contributed by atoms with Crippen molar-refractivity contribution in [3.05, 3.63) is 35.9 Å². The van der Waals surface area contributed by atoms with Crippen LogP contribution in [0.15, 0.2) is 30.3 Å². The quantitative estimate of drug-likeness (QED) is 0.758. The molecule has 0 fully saturated rings. The number of nitrogens with one attached hydrogen (secondary N) is 1. The van der Waals surface area contributed by atoms with Crippen LogP contribution in [0, 0.1) is 5.92 Å². The van der Waals surface area contributed by atoms with Gasteiger partial charge in [0.15, 0.2) is 0 Å². The number of benzene rings is 1. The molecule has 0 saturated carbocycles. The van der Waals surface area contributed by atoms with Crippen molar-refractivity contribution < 1.29 is 4.79 Å². The molecule has 0 saturated heterocycles. The first kappa shape index (κ1) is 16.7. The number of carbonyl (C=O) groups is 1. The van der Waals surface area contributed by atoms with Gasteiger partial charge in [-0.15, -0.1) is 0 Å². The Morgan fingerprint density at radius 2 is 1.95 bits per heavy atom. The summed E-state index contributed by atoms with van der Waals surface area (Å²) < 4.78 is 0. The first-order valence-electron chi connectivity index (χ1n) is 7.21. The molecule has 0 bridgehead atoms. The number of rotatable bonds is 8. The molecule has 1 rings (SSSR count). The highest BCUT2D eigenvalue weighted by molar-refractivity contribution is 5.86. The average molecular weight is 277 g/mol. The summed E-state index contributed by atoms with van der Waals surface area (Å²) in [5.74, 6) is 0.212. The van der Waals surface area contributed by atoms with E-state index in [1.54, 1.807) is 0 Å². The molecule has 1 aromatic rings. The predicted octanol–water partition coefficient (Wildman–Crippen LogP) is 1.56. The van der Waals surface area contributed by atoms with Gasteiger partial charge < -0.3 is 10.6 Å². The lowest BCUT2D eigenvalue weighted by atomic mass is 9.88. The van der Waals surface area contributed by atoms with Crippen LogP contribution in [0.5, 0.6) is 0 Å². The second-order valence-electron chi connectivity index (χ2n) is 5.76. The van der Waals surface area contributed by atoms with E-state index in [-0.39, 0.29) is 5.91 Å². The summed E-state index contributed by atoms with van der Waals surface area (Å²) in [7, 11) is 2.03. The SMILES string of the molecule is CCNC(CN(C)CC(C)C)(C(N)=O)c1ccccc1. The fraction of sp³-hybridized carbons (Fsp3) is 0.562. The van der Waals surface area contributed by atoms with Crippen LogP contribution < -0.4 is 11.1 Å². The highest BCUT2D eigenvalue weighted by atomic mass is 16.1. The van der Waals surface area contributed by atoms with Crippen molar-refractivity contribution in [2.75, 3.05) is 26.7 Å². The van der Waals surface area contributed by atoms with Gasteiger partial charge in [-0.1, -0.05) is 51.1 Å². The zero-order valence-electron chi connectivity index (χ0n) is 13.0. The Morgan fingerprint density at radius 3 is 2.40 bits per heavy atom. The smallest absolute Gasteiger partial charge is 0.243 e. The average Bonchev–Trinajstić information content (AvgIpc) is 2.38. The third kappa shape index (κ3) is 4.05. The maximum absolute atomic E-state index is 12.2. The van der Waals surface area contributed by atoms with Gasteiger partial charge in [0.1, 0.15) is 5.54 Å². The van der Waals surface area contributed by atoms with Crippen LogP contribution in [0.4, 0.5) is 0 Å². The normalized spacial score (nSPS) is 14.5. The molecule has 1 atom stereocenters. The maximum atomic E-state index is 12.2. The maximum Gasteiger partial charge on any atom is 0.243 e. The van der Waals surface area contributed by atoms with E-state index in [4.69, 9.17) is 5.73 Å². The van der Waals surface area contributed by atoms with Crippen LogP contribution in [-0.2, 0) is 10.3 Å². The van der Waals surface area contributed by atoms with E-state index in [0.717, 1.165) is 12.1 Å². The van der Waals surface area contributed by atoms with Crippen molar-refractivity contribution in [1.29, 1.82) is 0 Å². The standard InChI is InChI=1S/C16H27N3O/c1-5-18-16(15(17)20,12-19(4)11-13(2)3)14-9-7-6-8-10-14/h6-10,13,18H,5,11-12H2,1-4H3,(H2,17,20). The number of hydrogen-bond donors (Lipinski definition) is 2. The number of nitrogens with two attached hydrogens (primary N) is 1. The van der Waals surface area contributed by atoms with Gasteiger partial charge in [-0.25, -0.2) is 0 Å². The zero-order chi connectivity index (χ0) is 15.2. The van der Waals surface area contributed by atoms with E-state index in [1.807, 2.05) is 44.3 Å². The number of likely N-dealkylation sites (N-methyl/N-ethyl adjacent to an activating group) is 2. The van der Waals surface area contributed by atoms with Crippen molar-refractivity contribution in [2.24, 2.45) is 11.7 Å². The minimum Gasteiger partial charge on any atom is -0.368 e. The number of carbonyl (C=O) groups excluding carboxylic acids is 1. The molecule has 0 aliphatic carbocycles. The molecule has 0 aromatic heterocycles. The summed E-state index contributed by atoms with van der Waals surface area (Å²) in [4.78, 5) is 14.3. The Kier molecular flexibility index (Phi) is 6.17. The number of nitrogens with zero attached hydrogens (tertiary/aromatic N) is 1. The topological polar surface area (TPSA) is 58.4 Å². The van der Waals surface area contributed by atoms with Crippen LogP contribution in [0.3, 0.4) is 0 Å². The molecule has 1 amide bonds. The first-order valence-corrected chi connectivity index (χ1v) is 7.21. The Bertz CT molecular complexity index is 419.